The molecule has 2 rings (SSSR count). The summed E-state index contributed by atoms with van der Waals surface area (Å²) in [5, 5.41) is 7.84. The van der Waals surface area contributed by atoms with E-state index in [1.807, 2.05) is 43.7 Å². The number of nitrogens with one attached hydrogen (secondary N) is 1. The van der Waals surface area contributed by atoms with Crippen LogP contribution in [0.25, 0.3) is 5.57 Å². The van der Waals surface area contributed by atoms with Gasteiger partial charge in [-0.2, -0.15) is 5.10 Å². The van der Waals surface area contributed by atoms with E-state index in [4.69, 9.17) is 4.74 Å². The Bertz CT molecular complexity index is 761. The lowest BCUT2D eigenvalue weighted by molar-refractivity contribution is -0.124. The number of carbonyl (C=O) groups is 1. The van der Waals surface area contributed by atoms with Gasteiger partial charge in [0, 0.05) is 19.1 Å². The molecule has 180 valence electrons. The minimum absolute atomic E-state index is 0.0481. The smallest absolute Gasteiger partial charge is 0.228 e. The van der Waals surface area contributed by atoms with Crippen molar-refractivity contribution in [3.8, 4) is 0 Å². The lowest BCUT2D eigenvalue weighted by Gasteiger charge is -2.36. The van der Waals surface area contributed by atoms with Crippen LogP contribution in [-0.2, 0) is 16.1 Å². The van der Waals surface area contributed by atoms with Gasteiger partial charge in [0.15, 0.2) is 0 Å². The molecule has 1 N–H and O–H groups in total. The quantitative estimate of drug-likeness (QED) is 0.322. The third-order valence-electron chi connectivity index (χ3n) is 6.05. The second kappa shape index (κ2) is 14.8. The van der Waals surface area contributed by atoms with Crippen LogP contribution in [0.4, 0.5) is 5.82 Å². The predicted octanol–water partition coefficient (Wildman–Crippen LogP) is 6.74. The van der Waals surface area contributed by atoms with Gasteiger partial charge in [-0.1, -0.05) is 71.9 Å². The molecule has 0 spiro atoms. The van der Waals surface area contributed by atoms with E-state index in [0.717, 1.165) is 36.3 Å². The van der Waals surface area contributed by atoms with E-state index < -0.39 is 0 Å². The van der Waals surface area contributed by atoms with Crippen molar-refractivity contribution in [3.05, 3.63) is 42.6 Å². The zero-order valence-electron chi connectivity index (χ0n) is 21.4. The first-order valence-corrected chi connectivity index (χ1v) is 12.2. The fourth-order valence-electron chi connectivity index (χ4n) is 4.26. The number of hydrogen-bond donors (Lipinski definition) is 1. The van der Waals surface area contributed by atoms with Crippen molar-refractivity contribution in [2.75, 3.05) is 19.0 Å². The van der Waals surface area contributed by atoms with E-state index in [1.54, 1.807) is 7.11 Å². The predicted molar refractivity (Wildman–Crippen MR) is 137 cm³/mol. The Balaban J connectivity index is 0.00000249. The Morgan fingerprint density at radius 1 is 1.34 bits per heavy atom. The molecular formula is C27H45N3O2. The molecule has 0 saturated heterocycles. The molecule has 5 nitrogen and oxygen atoms in total. The van der Waals surface area contributed by atoms with E-state index in [0.29, 0.717) is 30.9 Å². The minimum atomic E-state index is 0.0481. The van der Waals surface area contributed by atoms with Gasteiger partial charge in [-0.05, 0) is 49.5 Å². The third-order valence-corrected chi connectivity index (χ3v) is 6.05. The van der Waals surface area contributed by atoms with Crippen LogP contribution in [-0.4, -0.2) is 29.4 Å². The Labute approximate surface area is 196 Å². The minimum Gasteiger partial charge on any atom is -0.383 e. The lowest BCUT2D eigenvalue weighted by atomic mass is 9.70. The third kappa shape index (κ3) is 8.42. The van der Waals surface area contributed by atoms with E-state index in [1.165, 1.54) is 6.42 Å². The first-order chi connectivity index (χ1) is 15.4. The molecule has 2 unspecified atom stereocenters. The van der Waals surface area contributed by atoms with E-state index in [-0.39, 0.29) is 11.8 Å². The van der Waals surface area contributed by atoms with Gasteiger partial charge in [-0.3, -0.25) is 4.79 Å². The first-order valence-electron chi connectivity index (χ1n) is 12.2. The van der Waals surface area contributed by atoms with Crippen LogP contribution in [0.5, 0.6) is 0 Å². The molecule has 1 aromatic heterocycles. The fourth-order valence-corrected chi connectivity index (χ4v) is 4.26. The van der Waals surface area contributed by atoms with E-state index in [2.05, 4.69) is 49.9 Å². The van der Waals surface area contributed by atoms with Crippen LogP contribution in [0, 0.1) is 23.7 Å². The molecule has 3 atom stereocenters. The highest BCUT2D eigenvalue weighted by Crippen LogP contribution is 2.38. The van der Waals surface area contributed by atoms with Crippen molar-refractivity contribution >= 4 is 17.3 Å². The number of allylic oxidation sites excluding steroid dienone is 5. The van der Waals surface area contributed by atoms with Crippen LogP contribution >= 0.6 is 0 Å². The number of methoxy groups -OCH3 is 1. The van der Waals surface area contributed by atoms with Crippen LogP contribution in [0.3, 0.4) is 0 Å². The average molecular weight is 444 g/mol. The molecule has 1 fully saturated rings. The van der Waals surface area contributed by atoms with Gasteiger partial charge >= 0.3 is 0 Å². The SMILES string of the molecule is C=C(/C=C\C/C=C\C)c1cc(NC(=O)C2CC(C)CC[C@H]2C(C)C)n(CCOC)n1.CC. The largest absolute Gasteiger partial charge is 0.383 e. The number of carbonyl (C=O) groups excluding carboxylic acids is 1. The zero-order chi connectivity index (χ0) is 24.1. The second-order valence-electron chi connectivity index (χ2n) is 8.78. The molecule has 5 heteroatoms. The summed E-state index contributed by atoms with van der Waals surface area (Å²) >= 11 is 0. The van der Waals surface area contributed by atoms with Crippen molar-refractivity contribution in [3.63, 3.8) is 0 Å². The molecule has 0 aromatic carbocycles. The standard InChI is InChI=1S/C25H39N3O2.C2H6/c1-7-8-9-10-11-20(5)23-17-24(28(27-23)14-15-30-6)26-25(29)22-16-19(4)12-13-21(22)18(2)3;1-2/h7-8,10-11,17-19,21-22H,5,9,12-16H2,1-4,6H3,(H,26,29);1-2H3/b8-7-,11-10-;/t19?,21-,22?;/m0./s1. The summed E-state index contributed by atoms with van der Waals surface area (Å²) in [4.78, 5) is 13.2. The zero-order valence-corrected chi connectivity index (χ0v) is 21.4. The molecule has 1 aliphatic carbocycles. The number of amides is 1. The summed E-state index contributed by atoms with van der Waals surface area (Å²) < 4.78 is 7.05. The first kappa shape index (κ1) is 27.9. The van der Waals surface area contributed by atoms with Gasteiger partial charge in [-0.25, -0.2) is 4.68 Å². The number of nitrogens with zero attached hydrogens (tertiary/aromatic N) is 2. The summed E-state index contributed by atoms with van der Waals surface area (Å²) in [5.74, 6) is 2.40. The number of anilines is 1. The van der Waals surface area contributed by atoms with Crippen LogP contribution in [0.1, 0.15) is 72.9 Å². The van der Waals surface area contributed by atoms with Crippen molar-refractivity contribution in [2.24, 2.45) is 23.7 Å². The number of hydrogen-bond acceptors (Lipinski definition) is 3. The Hall–Kier alpha value is -2.14. The van der Waals surface area contributed by atoms with Gasteiger partial charge in [0.05, 0.1) is 18.8 Å². The van der Waals surface area contributed by atoms with Crippen molar-refractivity contribution in [1.29, 1.82) is 0 Å². The van der Waals surface area contributed by atoms with E-state index >= 15 is 0 Å². The van der Waals surface area contributed by atoms with Crippen LogP contribution in [0.15, 0.2) is 36.9 Å². The summed E-state index contributed by atoms with van der Waals surface area (Å²) in [5.41, 5.74) is 1.60. The van der Waals surface area contributed by atoms with Crippen LogP contribution < -0.4 is 5.32 Å². The molecule has 1 heterocycles. The van der Waals surface area contributed by atoms with Gasteiger partial charge in [0.1, 0.15) is 5.82 Å². The Morgan fingerprint density at radius 2 is 2.06 bits per heavy atom. The van der Waals surface area contributed by atoms with Crippen molar-refractivity contribution in [1.82, 2.24) is 9.78 Å². The maximum atomic E-state index is 13.2. The Kier molecular flexibility index (Phi) is 12.9. The van der Waals surface area contributed by atoms with Crippen molar-refractivity contribution in [2.45, 2.75) is 73.8 Å². The highest BCUT2D eigenvalue weighted by molar-refractivity contribution is 5.92. The lowest BCUT2D eigenvalue weighted by Crippen LogP contribution is -2.37. The van der Waals surface area contributed by atoms with Gasteiger partial charge in [0.2, 0.25) is 5.91 Å². The number of ether oxygens (including phenoxy) is 1. The molecule has 1 aromatic rings. The average Bonchev–Trinajstić information content (AvgIpc) is 3.18. The van der Waals surface area contributed by atoms with Gasteiger partial charge in [0.25, 0.3) is 0 Å². The molecular weight excluding hydrogens is 398 g/mol. The highest BCUT2D eigenvalue weighted by atomic mass is 16.5. The highest BCUT2D eigenvalue weighted by Gasteiger charge is 2.35. The molecule has 1 aliphatic rings. The molecule has 1 amide bonds. The molecule has 0 bridgehead atoms. The van der Waals surface area contributed by atoms with Crippen molar-refractivity contribution < 1.29 is 9.53 Å². The monoisotopic (exact) mass is 443 g/mol. The topological polar surface area (TPSA) is 56.2 Å². The fraction of sp³-hybridized carbons (Fsp3) is 0.630. The van der Waals surface area contributed by atoms with E-state index in [9.17, 15) is 4.79 Å². The summed E-state index contributed by atoms with van der Waals surface area (Å²) in [6.07, 6.45) is 12.3. The Morgan fingerprint density at radius 3 is 2.69 bits per heavy atom. The summed E-state index contributed by atoms with van der Waals surface area (Å²) in [7, 11) is 1.67. The molecule has 32 heavy (non-hydrogen) atoms. The number of rotatable bonds is 10. The molecule has 0 aliphatic heterocycles. The van der Waals surface area contributed by atoms with Gasteiger partial charge in [-0.15, -0.1) is 0 Å². The maximum Gasteiger partial charge on any atom is 0.228 e. The normalized spacial score (nSPS) is 21.1. The summed E-state index contributed by atoms with van der Waals surface area (Å²) in [6.45, 7) is 18.0. The molecule has 0 radical (unpaired) electrons. The second-order valence-corrected chi connectivity index (χ2v) is 8.78. The maximum absolute atomic E-state index is 13.2. The van der Waals surface area contributed by atoms with Gasteiger partial charge < -0.3 is 10.1 Å². The molecule has 1 saturated carbocycles. The summed E-state index contributed by atoms with van der Waals surface area (Å²) in [6, 6.07) is 1.92. The van der Waals surface area contributed by atoms with Crippen LogP contribution in [0.2, 0.25) is 0 Å². The number of aromatic nitrogens is 2.